The highest BCUT2D eigenvalue weighted by Gasteiger charge is 2.17. The number of hydrogen-bond donors (Lipinski definition) is 3. The molecule has 0 aliphatic heterocycles. The highest BCUT2D eigenvalue weighted by molar-refractivity contribution is 7.92. The molecular formula is C28H35N7O4S. The number of ketones is 1. The van der Waals surface area contributed by atoms with Gasteiger partial charge in [-0.3, -0.25) is 13.9 Å². The van der Waals surface area contributed by atoms with Crippen molar-refractivity contribution in [2.24, 2.45) is 0 Å². The molecule has 0 saturated heterocycles. The molecule has 3 N–H and O–H groups in total. The third kappa shape index (κ3) is 9.16. The minimum Gasteiger partial charge on any atom is -0.365 e. The number of nitrogens with one attached hydrogen (secondary N) is 3. The van der Waals surface area contributed by atoms with Crippen LogP contribution in [0.4, 0.5) is 23.3 Å². The fourth-order valence-electron chi connectivity index (χ4n) is 3.62. The first-order valence-corrected chi connectivity index (χ1v) is 14.5. The fourth-order valence-corrected chi connectivity index (χ4v) is 4.10. The first-order chi connectivity index (χ1) is 18.9. The van der Waals surface area contributed by atoms with Gasteiger partial charge in [0.2, 0.25) is 21.9 Å². The molecule has 212 valence electrons. The number of rotatable bonds is 13. The summed E-state index contributed by atoms with van der Waals surface area (Å²) in [6.45, 7) is 6.24. The predicted molar refractivity (Wildman–Crippen MR) is 157 cm³/mol. The average Bonchev–Trinajstić information content (AvgIpc) is 2.90. The molecule has 2 aromatic heterocycles. The number of carbonyl (C=O) groups excluding carboxylic acids is 2. The van der Waals surface area contributed by atoms with Crippen molar-refractivity contribution in [1.29, 1.82) is 0 Å². The zero-order valence-corrected chi connectivity index (χ0v) is 24.2. The number of benzene rings is 1. The van der Waals surface area contributed by atoms with Crippen molar-refractivity contribution in [3.8, 4) is 0 Å². The first-order valence-electron chi connectivity index (χ1n) is 12.7. The van der Waals surface area contributed by atoms with Crippen molar-refractivity contribution < 1.29 is 18.0 Å². The van der Waals surface area contributed by atoms with Crippen LogP contribution in [0.15, 0.2) is 60.4 Å². The summed E-state index contributed by atoms with van der Waals surface area (Å²) in [6, 6.07) is 11.0. The molecule has 1 amide bonds. The highest BCUT2D eigenvalue weighted by Crippen LogP contribution is 2.22. The number of pyridine rings is 1. The van der Waals surface area contributed by atoms with Gasteiger partial charge < -0.3 is 16.0 Å². The van der Waals surface area contributed by atoms with Gasteiger partial charge in [-0.2, -0.15) is 4.98 Å². The van der Waals surface area contributed by atoms with Gasteiger partial charge in [0.05, 0.1) is 6.26 Å². The minimum atomic E-state index is -3.46. The molecular weight excluding hydrogens is 530 g/mol. The monoisotopic (exact) mass is 565 g/mol. The SMILES string of the molecule is CC(C)=CC(=O)CCC(=O)NCc1ccc(Nc2ncc(C)c(NCc3cccnc3N(C)S(C)(=O)=O)n2)cc1. The van der Waals surface area contributed by atoms with E-state index in [-0.39, 0.29) is 24.5 Å². The van der Waals surface area contributed by atoms with Gasteiger partial charge >= 0.3 is 0 Å². The molecule has 0 spiro atoms. The van der Waals surface area contributed by atoms with E-state index in [1.807, 2.05) is 45.0 Å². The van der Waals surface area contributed by atoms with Crippen molar-refractivity contribution in [3.05, 3.63) is 77.1 Å². The Hall–Kier alpha value is -4.32. The number of allylic oxidation sites excluding steroid dienone is 2. The number of carbonyl (C=O) groups is 2. The quantitative estimate of drug-likeness (QED) is 0.263. The van der Waals surface area contributed by atoms with Crippen molar-refractivity contribution in [2.75, 3.05) is 28.2 Å². The molecule has 0 aliphatic rings. The van der Waals surface area contributed by atoms with E-state index in [2.05, 4.69) is 30.9 Å². The lowest BCUT2D eigenvalue weighted by Crippen LogP contribution is -2.27. The lowest BCUT2D eigenvalue weighted by atomic mass is 10.1. The summed E-state index contributed by atoms with van der Waals surface area (Å²) in [5.74, 6) is 1.10. The summed E-state index contributed by atoms with van der Waals surface area (Å²) < 4.78 is 25.1. The maximum absolute atomic E-state index is 12.1. The van der Waals surface area contributed by atoms with Crippen molar-refractivity contribution in [3.63, 3.8) is 0 Å². The average molecular weight is 566 g/mol. The third-order valence-electron chi connectivity index (χ3n) is 5.83. The normalized spacial score (nSPS) is 10.9. The van der Waals surface area contributed by atoms with Gasteiger partial charge in [-0.25, -0.2) is 18.4 Å². The Morgan fingerprint density at radius 1 is 1.02 bits per heavy atom. The molecule has 2 heterocycles. The molecule has 0 fully saturated rings. The van der Waals surface area contributed by atoms with E-state index in [1.54, 1.807) is 30.6 Å². The predicted octanol–water partition coefficient (Wildman–Crippen LogP) is 3.86. The van der Waals surface area contributed by atoms with Crippen LogP contribution in [0.1, 0.15) is 43.4 Å². The minimum absolute atomic E-state index is 0.0522. The van der Waals surface area contributed by atoms with Crippen LogP contribution in [-0.2, 0) is 32.7 Å². The molecule has 0 atom stereocenters. The van der Waals surface area contributed by atoms with Gasteiger partial charge in [-0.15, -0.1) is 0 Å². The molecule has 12 heteroatoms. The van der Waals surface area contributed by atoms with Crippen LogP contribution in [0.5, 0.6) is 0 Å². The second-order valence-electron chi connectivity index (χ2n) is 9.58. The van der Waals surface area contributed by atoms with Crippen LogP contribution in [0.25, 0.3) is 0 Å². The Labute approximate surface area is 235 Å². The smallest absolute Gasteiger partial charge is 0.233 e. The lowest BCUT2D eigenvalue weighted by Gasteiger charge is -2.19. The molecule has 11 nitrogen and oxygen atoms in total. The number of aryl methyl sites for hydroxylation is 1. The van der Waals surface area contributed by atoms with Crippen LogP contribution in [0.2, 0.25) is 0 Å². The van der Waals surface area contributed by atoms with Gasteiger partial charge in [-0.1, -0.05) is 23.8 Å². The standard InChI is InChI=1S/C28H35N7O4S/c1-19(2)15-24(36)12-13-25(37)30-17-21-8-10-23(11-9-21)33-28-32-16-20(3)26(34-28)31-18-22-7-6-14-29-27(22)35(4)40(5,38)39/h6-11,14-16H,12-13,17-18H2,1-5H3,(H,30,37)(H2,31,32,33,34). The van der Waals surface area contributed by atoms with E-state index in [0.717, 1.165) is 32.9 Å². The van der Waals surface area contributed by atoms with Crippen molar-refractivity contribution in [2.45, 2.75) is 46.7 Å². The van der Waals surface area contributed by atoms with Gasteiger partial charge in [0.25, 0.3) is 0 Å². The molecule has 0 radical (unpaired) electrons. The Morgan fingerprint density at radius 3 is 2.42 bits per heavy atom. The Kier molecular flexibility index (Phi) is 10.3. The summed E-state index contributed by atoms with van der Waals surface area (Å²) in [5.41, 5.74) is 4.11. The van der Waals surface area contributed by atoms with E-state index >= 15 is 0 Å². The van der Waals surface area contributed by atoms with Crippen molar-refractivity contribution in [1.82, 2.24) is 20.3 Å². The zero-order chi connectivity index (χ0) is 29.3. The van der Waals surface area contributed by atoms with E-state index in [0.29, 0.717) is 36.2 Å². The number of anilines is 4. The molecule has 3 aromatic rings. The second kappa shape index (κ2) is 13.7. The summed E-state index contributed by atoms with van der Waals surface area (Å²) in [7, 11) is -1.99. The Balaban J connectivity index is 1.58. The van der Waals surface area contributed by atoms with E-state index in [1.165, 1.54) is 7.05 Å². The summed E-state index contributed by atoms with van der Waals surface area (Å²) in [5, 5.41) is 9.25. The lowest BCUT2D eigenvalue weighted by molar-refractivity contribution is -0.124. The maximum atomic E-state index is 12.1. The molecule has 3 rings (SSSR count). The van der Waals surface area contributed by atoms with Crippen LogP contribution in [0, 0.1) is 6.92 Å². The van der Waals surface area contributed by atoms with Gasteiger partial charge in [0.1, 0.15) is 11.6 Å². The topological polar surface area (TPSA) is 146 Å². The highest BCUT2D eigenvalue weighted by atomic mass is 32.2. The van der Waals surface area contributed by atoms with E-state index < -0.39 is 10.0 Å². The molecule has 0 unspecified atom stereocenters. The fraction of sp³-hybridized carbons (Fsp3) is 0.321. The number of hydrogen-bond acceptors (Lipinski definition) is 9. The second-order valence-corrected chi connectivity index (χ2v) is 11.6. The number of aromatic nitrogens is 3. The van der Waals surface area contributed by atoms with E-state index in [9.17, 15) is 18.0 Å². The molecule has 40 heavy (non-hydrogen) atoms. The van der Waals surface area contributed by atoms with Gasteiger partial charge in [0, 0.05) is 62.2 Å². The largest absolute Gasteiger partial charge is 0.365 e. The van der Waals surface area contributed by atoms with Crippen LogP contribution in [0.3, 0.4) is 0 Å². The summed E-state index contributed by atoms with van der Waals surface area (Å²) >= 11 is 0. The van der Waals surface area contributed by atoms with E-state index in [4.69, 9.17) is 0 Å². The Bertz CT molecular complexity index is 1480. The van der Waals surface area contributed by atoms with Crippen molar-refractivity contribution >= 4 is 45.0 Å². The Morgan fingerprint density at radius 2 is 1.75 bits per heavy atom. The molecule has 0 saturated carbocycles. The van der Waals surface area contributed by atoms with Gasteiger partial charge in [0.15, 0.2) is 5.78 Å². The number of nitrogens with zero attached hydrogens (tertiary/aromatic N) is 4. The number of sulfonamides is 1. The third-order valence-corrected chi connectivity index (χ3v) is 7.00. The molecule has 0 aliphatic carbocycles. The van der Waals surface area contributed by atoms with Gasteiger partial charge in [-0.05, 0) is 50.6 Å². The molecule has 0 bridgehead atoms. The first kappa shape index (κ1) is 30.2. The van der Waals surface area contributed by atoms with Crippen LogP contribution in [-0.4, -0.2) is 48.4 Å². The summed E-state index contributed by atoms with van der Waals surface area (Å²) in [6.07, 6.45) is 6.26. The summed E-state index contributed by atoms with van der Waals surface area (Å²) in [4.78, 5) is 36.9. The maximum Gasteiger partial charge on any atom is 0.233 e. The number of amides is 1. The van der Waals surface area contributed by atoms with Crippen LogP contribution >= 0.6 is 0 Å². The zero-order valence-electron chi connectivity index (χ0n) is 23.4. The van der Waals surface area contributed by atoms with Crippen LogP contribution < -0.4 is 20.3 Å². The molecule has 1 aromatic carbocycles.